The van der Waals surface area contributed by atoms with Gasteiger partial charge in [-0.15, -0.1) is 0 Å². The van der Waals surface area contributed by atoms with Crippen LogP contribution in [0.4, 0.5) is 0 Å². The summed E-state index contributed by atoms with van der Waals surface area (Å²) in [6.45, 7) is 1.99. The number of aromatic hydroxyl groups is 1. The van der Waals surface area contributed by atoms with E-state index in [1.165, 1.54) is 11.8 Å². The van der Waals surface area contributed by atoms with Crippen molar-refractivity contribution in [3.8, 4) is 5.88 Å². The minimum Gasteiger partial charge on any atom is -0.493 e. The topological polar surface area (TPSA) is 46.0 Å². The van der Waals surface area contributed by atoms with Crippen LogP contribution in [0.25, 0.3) is 0 Å². The average molecular weight is 281 g/mol. The predicted molar refractivity (Wildman–Crippen MR) is 74.1 cm³/mol. The van der Waals surface area contributed by atoms with Crippen molar-refractivity contribution in [2.75, 3.05) is 0 Å². The summed E-state index contributed by atoms with van der Waals surface area (Å²) in [5.41, 5.74) is 1.87. The number of aromatic nitrogens is 2. The van der Waals surface area contributed by atoms with Crippen LogP contribution in [-0.2, 0) is 12.2 Å². The van der Waals surface area contributed by atoms with E-state index in [-0.39, 0.29) is 5.88 Å². The van der Waals surface area contributed by atoms with E-state index in [9.17, 15) is 5.11 Å². The number of aryl methyl sites for hydroxylation is 1. The number of hydrogen-bond acceptors (Lipinski definition) is 4. The molecule has 1 heterocycles. The lowest BCUT2D eigenvalue weighted by atomic mass is 10.2. The smallest absolute Gasteiger partial charge is 0.215 e. The van der Waals surface area contributed by atoms with Gasteiger partial charge in [0.05, 0.1) is 0 Å². The van der Waals surface area contributed by atoms with Gasteiger partial charge in [0.25, 0.3) is 0 Å². The minimum absolute atomic E-state index is 0.0171. The van der Waals surface area contributed by atoms with Gasteiger partial charge in [0.1, 0.15) is 0 Å². The second kappa shape index (κ2) is 6.07. The fourth-order valence-corrected chi connectivity index (χ4v) is 2.62. The second-order valence-corrected chi connectivity index (χ2v) is 5.08. The Hall–Kier alpha value is -1.26. The van der Waals surface area contributed by atoms with Crippen molar-refractivity contribution in [1.29, 1.82) is 0 Å². The number of benzene rings is 1. The molecule has 0 unspecified atom stereocenters. The van der Waals surface area contributed by atoms with Gasteiger partial charge < -0.3 is 5.11 Å². The van der Waals surface area contributed by atoms with E-state index in [1.54, 1.807) is 6.07 Å². The van der Waals surface area contributed by atoms with Gasteiger partial charge in [-0.3, -0.25) is 0 Å². The Morgan fingerprint density at radius 2 is 2.06 bits per heavy atom. The maximum Gasteiger partial charge on any atom is 0.215 e. The molecule has 0 fully saturated rings. The summed E-state index contributed by atoms with van der Waals surface area (Å²) in [4.78, 5) is 8.34. The van der Waals surface area contributed by atoms with Crippen LogP contribution in [0.15, 0.2) is 35.5 Å². The first-order chi connectivity index (χ1) is 8.69. The highest BCUT2D eigenvalue weighted by atomic mass is 35.5. The highest BCUT2D eigenvalue weighted by molar-refractivity contribution is 7.98. The molecule has 18 heavy (non-hydrogen) atoms. The minimum atomic E-state index is 0.0171. The Morgan fingerprint density at radius 1 is 1.28 bits per heavy atom. The summed E-state index contributed by atoms with van der Waals surface area (Å²) in [6.07, 6.45) is 0.774. The fraction of sp³-hybridized carbons (Fsp3) is 0.231. The van der Waals surface area contributed by atoms with Crippen molar-refractivity contribution in [1.82, 2.24) is 9.97 Å². The van der Waals surface area contributed by atoms with Crippen LogP contribution < -0.4 is 0 Å². The first-order valence-electron chi connectivity index (χ1n) is 5.62. The number of rotatable bonds is 4. The molecule has 1 N–H and O–H groups in total. The van der Waals surface area contributed by atoms with Crippen LogP contribution in [0.1, 0.15) is 18.2 Å². The van der Waals surface area contributed by atoms with Gasteiger partial charge in [-0.25, -0.2) is 4.98 Å². The standard InChI is InChI=1S/C13H13ClN2OS/c1-2-10-7-12(17)16-13(15-10)18-8-9-5-3-4-6-11(9)14/h3-7H,2,8H2,1H3,(H,15,16,17). The van der Waals surface area contributed by atoms with Gasteiger partial charge in [0, 0.05) is 22.5 Å². The molecule has 0 aliphatic heterocycles. The molecule has 0 spiro atoms. The molecule has 0 aliphatic rings. The molecule has 0 bridgehead atoms. The van der Waals surface area contributed by atoms with Crippen molar-refractivity contribution < 1.29 is 5.11 Å². The van der Waals surface area contributed by atoms with Crippen molar-refractivity contribution >= 4 is 23.4 Å². The molecule has 3 nitrogen and oxygen atoms in total. The summed E-state index contributed by atoms with van der Waals surface area (Å²) >= 11 is 7.54. The first-order valence-corrected chi connectivity index (χ1v) is 6.98. The van der Waals surface area contributed by atoms with E-state index in [2.05, 4.69) is 9.97 Å². The summed E-state index contributed by atoms with van der Waals surface area (Å²) in [7, 11) is 0. The molecular weight excluding hydrogens is 268 g/mol. The third kappa shape index (κ3) is 3.37. The zero-order valence-electron chi connectivity index (χ0n) is 9.93. The normalized spacial score (nSPS) is 10.6. The fourth-order valence-electron chi connectivity index (χ4n) is 1.46. The van der Waals surface area contributed by atoms with Crippen LogP contribution in [0.2, 0.25) is 5.02 Å². The Morgan fingerprint density at radius 3 is 2.78 bits per heavy atom. The van der Waals surface area contributed by atoms with Gasteiger partial charge in [-0.2, -0.15) is 4.98 Å². The van der Waals surface area contributed by atoms with Crippen LogP contribution in [-0.4, -0.2) is 15.1 Å². The van der Waals surface area contributed by atoms with E-state index in [0.29, 0.717) is 10.9 Å². The lowest BCUT2D eigenvalue weighted by molar-refractivity contribution is 0.444. The van der Waals surface area contributed by atoms with E-state index in [1.807, 2.05) is 31.2 Å². The van der Waals surface area contributed by atoms with Crippen molar-refractivity contribution in [2.24, 2.45) is 0 Å². The SMILES string of the molecule is CCc1cc(O)nc(SCc2ccccc2Cl)n1. The van der Waals surface area contributed by atoms with Crippen molar-refractivity contribution in [2.45, 2.75) is 24.3 Å². The molecular formula is C13H13ClN2OS. The van der Waals surface area contributed by atoms with Gasteiger partial charge in [0.15, 0.2) is 5.16 Å². The molecule has 5 heteroatoms. The van der Waals surface area contributed by atoms with Crippen LogP contribution in [0.3, 0.4) is 0 Å². The largest absolute Gasteiger partial charge is 0.493 e. The monoisotopic (exact) mass is 280 g/mol. The third-order valence-corrected chi connectivity index (χ3v) is 3.69. The van der Waals surface area contributed by atoms with E-state index >= 15 is 0 Å². The maximum atomic E-state index is 9.49. The maximum absolute atomic E-state index is 9.49. The number of thioether (sulfide) groups is 1. The first kappa shape index (κ1) is 13.2. The lowest BCUT2D eigenvalue weighted by Gasteiger charge is -2.04. The summed E-state index contributed by atoms with van der Waals surface area (Å²) in [6, 6.07) is 9.26. The molecule has 0 saturated carbocycles. The molecule has 94 valence electrons. The summed E-state index contributed by atoms with van der Waals surface area (Å²) in [5.74, 6) is 0.704. The van der Waals surface area contributed by atoms with E-state index in [4.69, 9.17) is 11.6 Å². The third-order valence-electron chi connectivity index (χ3n) is 2.42. The number of halogens is 1. The molecule has 1 aromatic carbocycles. The molecule has 0 radical (unpaired) electrons. The average Bonchev–Trinajstić information content (AvgIpc) is 2.37. The predicted octanol–water partition coefficient (Wildman–Crippen LogP) is 3.69. The molecule has 1 aromatic heterocycles. The Labute approximate surface area is 115 Å². The second-order valence-electron chi connectivity index (χ2n) is 3.73. The zero-order valence-corrected chi connectivity index (χ0v) is 11.5. The van der Waals surface area contributed by atoms with Crippen LogP contribution >= 0.6 is 23.4 Å². The van der Waals surface area contributed by atoms with Gasteiger partial charge >= 0.3 is 0 Å². The zero-order chi connectivity index (χ0) is 13.0. The van der Waals surface area contributed by atoms with Gasteiger partial charge in [-0.05, 0) is 18.1 Å². The van der Waals surface area contributed by atoms with Gasteiger partial charge in [0.2, 0.25) is 5.88 Å². The Balaban J connectivity index is 2.11. The Bertz CT molecular complexity index is 548. The highest BCUT2D eigenvalue weighted by Gasteiger charge is 2.05. The van der Waals surface area contributed by atoms with E-state index < -0.39 is 0 Å². The molecule has 0 aliphatic carbocycles. The van der Waals surface area contributed by atoms with E-state index in [0.717, 1.165) is 22.7 Å². The molecule has 0 saturated heterocycles. The van der Waals surface area contributed by atoms with Crippen LogP contribution in [0, 0.1) is 0 Å². The quantitative estimate of drug-likeness (QED) is 0.685. The summed E-state index contributed by atoms with van der Waals surface area (Å²) in [5, 5.41) is 10.8. The van der Waals surface area contributed by atoms with Gasteiger partial charge in [-0.1, -0.05) is 48.5 Å². The molecule has 2 rings (SSSR count). The Kier molecular flexibility index (Phi) is 4.44. The van der Waals surface area contributed by atoms with Crippen molar-refractivity contribution in [3.63, 3.8) is 0 Å². The van der Waals surface area contributed by atoms with Crippen molar-refractivity contribution in [3.05, 3.63) is 46.6 Å². The highest BCUT2D eigenvalue weighted by Crippen LogP contribution is 2.25. The molecule has 0 amide bonds. The lowest BCUT2D eigenvalue weighted by Crippen LogP contribution is -1.93. The molecule has 0 atom stereocenters. The number of hydrogen-bond donors (Lipinski definition) is 1. The summed E-state index contributed by atoms with van der Waals surface area (Å²) < 4.78 is 0. The molecule has 2 aromatic rings. The number of nitrogens with zero attached hydrogens (tertiary/aromatic N) is 2. The van der Waals surface area contributed by atoms with Crippen LogP contribution in [0.5, 0.6) is 5.88 Å².